The molecule has 0 fully saturated rings. The lowest BCUT2D eigenvalue weighted by Gasteiger charge is -2.23. The molecule has 1 heterocycles. The van der Waals surface area contributed by atoms with Gasteiger partial charge < -0.3 is 15.5 Å². The Morgan fingerprint density at radius 1 is 1.19 bits per heavy atom. The highest BCUT2D eigenvalue weighted by Crippen LogP contribution is 2.39. The number of carbonyl (C=O) groups excluding carboxylic acids is 1. The summed E-state index contributed by atoms with van der Waals surface area (Å²) in [7, 11) is 0. The Hall–Kier alpha value is -3.12. The van der Waals surface area contributed by atoms with Gasteiger partial charge in [-0.1, -0.05) is 23.7 Å². The zero-order valence-electron chi connectivity index (χ0n) is 14.7. The smallest absolute Gasteiger partial charge is 0.335 e. The number of carboxylic acids is 1. The van der Waals surface area contributed by atoms with Crippen molar-refractivity contribution < 1.29 is 19.8 Å². The number of hydrogen-bond acceptors (Lipinski definition) is 4. The molecule has 3 N–H and O–H groups in total. The quantitative estimate of drug-likeness (QED) is 0.634. The fourth-order valence-corrected chi connectivity index (χ4v) is 3.42. The number of aromatic nitrogens is 1. The summed E-state index contributed by atoms with van der Waals surface area (Å²) < 4.78 is 0. The zero-order chi connectivity index (χ0) is 19.7. The van der Waals surface area contributed by atoms with E-state index in [0.29, 0.717) is 32.6 Å². The summed E-state index contributed by atoms with van der Waals surface area (Å²) in [5.41, 5.74) is 1.80. The lowest BCUT2D eigenvalue weighted by Crippen LogP contribution is -2.28. The van der Waals surface area contributed by atoms with Crippen molar-refractivity contribution in [3.63, 3.8) is 0 Å². The molecule has 0 saturated carbocycles. The predicted molar refractivity (Wildman–Crippen MR) is 102 cm³/mol. The molecule has 0 aliphatic carbocycles. The average molecular weight is 385 g/mol. The van der Waals surface area contributed by atoms with Gasteiger partial charge in [-0.05, 0) is 42.3 Å². The first-order chi connectivity index (χ1) is 12.8. The van der Waals surface area contributed by atoms with Gasteiger partial charge in [0.1, 0.15) is 11.3 Å². The molecule has 27 heavy (non-hydrogen) atoms. The number of pyridine rings is 1. The molecule has 0 aliphatic heterocycles. The maximum absolute atomic E-state index is 11.8. The van der Waals surface area contributed by atoms with E-state index in [0.717, 1.165) is 0 Å². The van der Waals surface area contributed by atoms with Gasteiger partial charge in [-0.2, -0.15) is 0 Å². The first-order valence-electron chi connectivity index (χ1n) is 8.17. The maximum Gasteiger partial charge on any atom is 0.335 e. The number of aromatic carboxylic acids is 1. The van der Waals surface area contributed by atoms with Gasteiger partial charge in [-0.3, -0.25) is 9.78 Å². The van der Waals surface area contributed by atoms with Crippen molar-refractivity contribution >= 4 is 34.4 Å². The lowest BCUT2D eigenvalue weighted by atomic mass is 9.91. The fraction of sp³-hybridized carbons (Fsp3) is 0.150. The third kappa shape index (κ3) is 3.44. The topological polar surface area (TPSA) is 99.5 Å². The van der Waals surface area contributed by atoms with E-state index in [-0.39, 0.29) is 17.2 Å². The van der Waals surface area contributed by atoms with Crippen LogP contribution in [0.2, 0.25) is 5.02 Å². The highest BCUT2D eigenvalue weighted by molar-refractivity contribution is 6.35. The summed E-state index contributed by atoms with van der Waals surface area (Å²) in [6, 6.07) is 9.01. The predicted octanol–water partition coefficient (Wildman–Crippen LogP) is 3.83. The number of aromatic hydroxyl groups is 1. The molecule has 0 saturated heterocycles. The number of nitrogens with one attached hydrogen (secondary N) is 1. The Bertz CT molecular complexity index is 1070. The second-order valence-corrected chi connectivity index (χ2v) is 6.56. The molecule has 3 rings (SSSR count). The molecule has 1 unspecified atom stereocenters. The standard InChI is InChI=1S/C20H17ClN2O4/c1-10-12(5-3-6-13(10)20(26)27)17(23-11(2)24)15-9-16(21)14-7-4-8-22-18(14)19(15)25/h3-9,17,25H,1-2H3,(H,23,24)(H,26,27). The van der Waals surface area contributed by atoms with E-state index < -0.39 is 12.0 Å². The van der Waals surface area contributed by atoms with E-state index in [2.05, 4.69) is 10.3 Å². The van der Waals surface area contributed by atoms with Gasteiger partial charge in [0.15, 0.2) is 0 Å². The number of carbonyl (C=O) groups is 2. The summed E-state index contributed by atoms with van der Waals surface area (Å²) in [5.74, 6) is -1.52. The minimum atomic E-state index is -1.07. The minimum Gasteiger partial charge on any atom is -0.505 e. The van der Waals surface area contributed by atoms with Gasteiger partial charge in [0.05, 0.1) is 16.6 Å². The lowest BCUT2D eigenvalue weighted by molar-refractivity contribution is -0.119. The van der Waals surface area contributed by atoms with Crippen LogP contribution in [0.1, 0.15) is 40.0 Å². The van der Waals surface area contributed by atoms with E-state index in [1.807, 2.05) is 0 Å². The molecule has 1 aromatic heterocycles. The molecular formula is C20H17ClN2O4. The third-order valence-corrected chi connectivity index (χ3v) is 4.73. The average Bonchev–Trinajstić information content (AvgIpc) is 2.63. The van der Waals surface area contributed by atoms with E-state index in [9.17, 15) is 19.8 Å². The molecule has 6 nitrogen and oxygen atoms in total. The van der Waals surface area contributed by atoms with Crippen LogP contribution in [-0.2, 0) is 4.79 Å². The van der Waals surface area contributed by atoms with Crippen molar-refractivity contribution in [3.8, 4) is 5.75 Å². The summed E-state index contributed by atoms with van der Waals surface area (Å²) in [5, 5.41) is 23.9. The molecular weight excluding hydrogens is 368 g/mol. The van der Waals surface area contributed by atoms with Crippen molar-refractivity contribution in [2.45, 2.75) is 19.9 Å². The van der Waals surface area contributed by atoms with Crippen LogP contribution in [0.5, 0.6) is 5.75 Å². The van der Waals surface area contributed by atoms with Gasteiger partial charge in [-0.15, -0.1) is 0 Å². The van der Waals surface area contributed by atoms with E-state index >= 15 is 0 Å². The Kier molecular flexibility index (Phi) is 5.01. The van der Waals surface area contributed by atoms with Crippen LogP contribution in [0.25, 0.3) is 10.9 Å². The van der Waals surface area contributed by atoms with Crippen molar-refractivity contribution in [1.29, 1.82) is 0 Å². The molecule has 1 amide bonds. The van der Waals surface area contributed by atoms with E-state index in [1.54, 1.807) is 37.3 Å². The van der Waals surface area contributed by atoms with Gasteiger partial charge in [0, 0.05) is 24.1 Å². The van der Waals surface area contributed by atoms with Crippen LogP contribution in [-0.4, -0.2) is 27.1 Å². The van der Waals surface area contributed by atoms with Crippen LogP contribution < -0.4 is 5.32 Å². The molecule has 2 aromatic carbocycles. The number of fused-ring (bicyclic) bond motifs is 1. The van der Waals surface area contributed by atoms with Crippen molar-refractivity contribution in [3.05, 3.63) is 69.9 Å². The first-order valence-corrected chi connectivity index (χ1v) is 8.55. The van der Waals surface area contributed by atoms with E-state index in [4.69, 9.17) is 11.6 Å². The summed E-state index contributed by atoms with van der Waals surface area (Å²) >= 11 is 6.37. The number of phenols is 1. The molecule has 0 bridgehead atoms. The van der Waals surface area contributed by atoms with Crippen molar-refractivity contribution in [1.82, 2.24) is 10.3 Å². The summed E-state index contributed by atoms with van der Waals surface area (Å²) in [4.78, 5) is 27.5. The van der Waals surface area contributed by atoms with Gasteiger partial charge in [0.25, 0.3) is 0 Å². The molecule has 0 radical (unpaired) electrons. The Morgan fingerprint density at radius 3 is 2.59 bits per heavy atom. The monoisotopic (exact) mass is 384 g/mol. The summed E-state index contributed by atoms with van der Waals surface area (Å²) in [6.07, 6.45) is 1.53. The normalized spacial score (nSPS) is 12.0. The van der Waals surface area contributed by atoms with Crippen molar-refractivity contribution in [2.75, 3.05) is 0 Å². The highest BCUT2D eigenvalue weighted by Gasteiger charge is 2.25. The molecule has 138 valence electrons. The Morgan fingerprint density at radius 2 is 1.93 bits per heavy atom. The minimum absolute atomic E-state index is 0.117. The SMILES string of the molecule is CC(=O)NC(c1cccc(C(=O)O)c1C)c1cc(Cl)c2cccnc2c1O. The Balaban J connectivity index is 2.28. The number of halogens is 1. The first kappa shape index (κ1) is 18.7. The van der Waals surface area contributed by atoms with Crippen LogP contribution in [0.4, 0.5) is 0 Å². The number of amides is 1. The Labute approximate surface area is 160 Å². The highest BCUT2D eigenvalue weighted by atomic mass is 35.5. The number of nitrogens with zero attached hydrogens (tertiary/aromatic N) is 1. The van der Waals surface area contributed by atoms with Crippen LogP contribution in [0.15, 0.2) is 42.6 Å². The van der Waals surface area contributed by atoms with Crippen LogP contribution in [0.3, 0.4) is 0 Å². The number of hydrogen-bond donors (Lipinski definition) is 3. The molecule has 3 aromatic rings. The maximum atomic E-state index is 11.8. The van der Waals surface area contributed by atoms with Crippen molar-refractivity contribution in [2.24, 2.45) is 0 Å². The number of carboxylic acid groups (broad SMARTS) is 1. The van der Waals surface area contributed by atoms with Crippen LogP contribution in [0, 0.1) is 6.92 Å². The molecule has 1 atom stereocenters. The second kappa shape index (κ2) is 7.25. The second-order valence-electron chi connectivity index (χ2n) is 6.15. The van der Waals surface area contributed by atoms with Crippen LogP contribution >= 0.6 is 11.6 Å². The van der Waals surface area contributed by atoms with Gasteiger partial charge in [-0.25, -0.2) is 4.79 Å². The molecule has 7 heteroatoms. The fourth-order valence-electron chi connectivity index (χ4n) is 3.15. The van der Waals surface area contributed by atoms with E-state index in [1.165, 1.54) is 19.2 Å². The third-order valence-electron chi connectivity index (χ3n) is 4.42. The molecule has 0 aliphatic rings. The van der Waals surface area contributed by atoms with Gasteiger partial charge >= 0.3 is 5.97 Å². The summed E-state index contributed by atoms with van der Waals surface area (Å²) in [6.45, 7) is 3.01. The number of phenolic OH excluding ortho intramolecular Hbond substituents is 1. The molecule has 0 spiro atoms. The zero-order valence-corrected chi connectivity index (χ0v) is 15.4. The number of benzene rings is 2. The largest absolute Gasteiger partial charge is 0.505 e. The van der Waals surface area contributed by atoms with Gasteiger partial charge in [0.2, 0.25) is 5.91 Å². The number of rotatable bonds is 4.